The Morgan fingerprint density at radius 2 is 1.00 bits per heavy atom. The Morgan fingerprint density at radius 3 is 1.00 bits per heavy atom. The van der Waals surface area contributed by atoms with E-state index in [0.29, 0.717) is 0 Å². The second-order valence-electron chi connectivity index (χ2n) is 0. The van der Waals surface area contributed by atoms with Crippen molar-refractivity contribution in [3.05, 3.63) is 0 Å². The van der Waals surface area contributed by atoms with E-state index in [9.17, 15) is 0 Å². The third kappa shape index (κ3) is 8.89. The third-order valence-electron chi connectivity index (χ3n) is 0. The molecule has 4 heavy (non-hydrogen) atoms. The van der Waals surface area contributed by atoms with E-state index >= 15 is 0 Å². The quantitative estimate of drug-likeness (QED) is 0.383. The van der Waals surface area contributed by atoms with Crippen LogP contribution in [0.2, 0.25) is 0 Å². The first-order valence-corrected chi connectivity index (χ1v) is 0. The van der Waals surface area contributed by atoms with Crippen molar-refractivity contribution in [1.82, 2.24) is 0 Å². The molecule has 0 N–H and O–H groups in total. The van der Waals surface area contributed by atoms with E-state index in [1.54, 1.807) is 0 Å². The second-order valence-corrected chi connectivity index (χ2v) is 0. The molecule has 0 aliphatic carbocycles. The Balaban J connectivity index is 0. The molecule has 0 bridgehead atoms. The van der Waals surface area contributed by atoms with E-state index in [1.165, 1.54) is 0 Å². The molecule has 0 heterocycles. The van der Waals surface area contributed by atoms with Crippen LogP contribution in [0.4, 0.5) is 0 Å². The van der Waals surface area contributed by atoms with Crippen molar-refractivity contribution in [1.29, 1.82) is 0 Å². The van der Waals surface area contributed by atoms with Gasteiger partial charge in [0.15, 0.2) is 17.4 Å². The van der Waals surface area contributed by atoms with Gasteiger partial charge in [0.1, 0.15) is 0 Å². The van der Waals surface area contributed by atoms with E-state index in [1.807, 2.05) is 0 Å². The van der Waals surface area contributed by atoms with Gasteiger partial charge in [-0.25, -0.2) is 0 Å². The summed E-state index contributed by atoms with van der Waals surface area (Å²) in [6.07, 6.45) is 0. The van der Waals surface area contributed by atoms with E-state index in [0.717, 1.165) is 0 Å². The van der Waals surface area contributed by atoms with Crippen LogP contribution in [-0.2, 0) is 26.2 Å². The van der Waals surface area contributed by atoms with Crippen molar-refractivity contribution in [2.24, 2.45) is 0 Å². The molecule has 0 aromatic rings. The summed E-state index contributed by atoms with van der Waals surface area (Å²) in [5.41, 5.74) is 0. The molecule has 0 radical (unpaired) electrons. The van der Waals surface area contributed by atoms with Crippen molar-refractivity contribution < 1.29 is 26.2 Å². The first-order chi connectivity index (χ1) is 0. The monoisotopic (exact) mass is 162 g/mol. The molecule has 0 saturated heterocycles. The maximum atomic E-state index is 0. The predicted octanol–water partition coefficient (Wildman–Crippen LogP) is -1.47. The van der Waals surface area contributed by atoms with E-state index < -0.39 is 0 Å². The second kappa shape index (κ2) is 19.0. The summed E-state index contributed by atoms with van der Waals surface area (Å²) in [6.45, 7) is 0. The van der Waals surface area contributed by atoms with Gasteiger partial charge in [0, 0.05) is 26.2 Å². The van der Waals surface area contributed by atoms with Crippen molar-refractivity contribution in [2.45, 2.75) is 7.43 Å². The normalized spacial score (nSPS) is 0. The minimum absolute atomic E-state index is 0. The summed E-state index contributed by atoms with van der Waals surface area (Å²) in [5.74, 6) is 0. The predicted molar refractivity (Wildman–Crippen MR) is 25.2 cm³/mol. The van der Waals surface area contributed by atoms with Crippen LogP contribution in [0.25, 0.3) is 0 Å². The van der Waals surface area contributed by atoms with Crippen molar-refractivity contribution in [3.8, 4) is 0 Å². The fourth-order valence-electron chi connectivity index (χ4n) is 0. The van der Waals surface area contributed by atoms with Gasteiger partial charge in [0.25, 0.3) is 0 Å². The average molecular weight is 164 g/mol. The largest absolute Gasteiger partial charge is 0.316 e. The minimum Gasteiger partial charge on any atom is -0.0776 e. The number of hydrogen-bond acceptors (Lipinski definition) is 0. The Bertz CT molecular complexity index is 8.00. The fourth-order valence-corrected chi connectivity index (χ4v) is 0. The zero-order chi connectivity index (χ0) is 0. The van der Waals surface area contributed by atoms with Crippen LogP contribution >= 0.6 is 0 Å². The van der Waals surface area contributed by atoms with Crippen molar-refractivity contribution in [3.63, 3.8) is 0 Å². The minimum atomic E-state index is 0. The standard InChI is InChI=1S/CH4.Al.Mg.Zr.5H/h1H4;;;;;;;;. The molecular formula is CH9AlMgZr. The van der Waals surface area contributed by atoms with Gasteiger partial charge in [-0.05, 0) is 0 Å². The van der Waals surface area contributed by atoms with Crippen LogP contribution in [0, 0.1) is 0 Å². The molecule has 22 valence electrons. The summed E-state index contributed by atoms with van der Waals surface area (Å²) in [7, 11) is 0. The van der Waals surface area contributed by atoms with Gasteiger partial charge in [-0.2, -0.15) is 0 Å². The molecule has 0 atom stereocenters. The molecule has 0 nitrogen and oxygen atoms in total. The summed E-state index contributed by atoms with van der Waals surface area (Å²) >= 11 is 0. The van der Waals surface area contributed by atoms with E-state index in [2.05, 4.69) is 0 Å². The number of rotatable bonds is 0. The zero-order valence-electron chi connectivity index (χ0n) is 0.500. The van der Waals surface area contributed by atoms with E-state index in [4.69, 9.17) is 0 Å². The van der Waals surface area contributed by atoms with Crippen LogP contribution in [-0.4, -0.2) is 40.4 Å². The molecule has 0 fully saturated rings. The first-order valence-electron chi connectivity index (χ1n) is 0. The van der Waals surface area contributed by atoms with Crippen LogP contribution in [0.3, 0.4) is 0 Å². The zero-order valence-corrected chi connectivity index (χ0v) is 2.96. The molecule has 0 aromatic heterocycles. The molecule has 0 rings (SSSR count). The van der Waals surface area contributed by atoms with Crippen LogP contribution in [0.15, 0.2) is 0 Å². The Labute approximate surface area is 73.1 Å². The Morgan fingerprint density at radius 1 is 1.00 bits per heavy atom. The van der Waals surface area contributed by atoms with Gasteiger partial charge in [-0.3, -0.25) is 0 Å². The molecule has 3 heteroatoms. The van der Waals surface area contributed by atoms with Gasteiger partial charge in [0.2, 0.25) is 0 Å². The number of hydrogen-bond donors (Lipinski definition) is 0. The van der Waals surface area contributed by atoms with Gasteiger partial charge >= 0.3 is 23.1 Å². The van der Waals surface area contributed by atoms with E-state index in [-0.39, 0.29) is 74.0 Å². The molecular weight excluding hydrogens is 155 g/mol. The van der Waals surface area contributed by atoms with Crippen molar-refractivity contribution in [2.75, 3.05) is 0 Å². The summed E-state index contributed by atoms with van der Waals surface area (Å²) < 4.78 is 0. The SMILES string of the molecule is C.[AlH3].[MgH2].[Zr]. The fraction of sp³-hybridized carbons (Fsp3) is 1.00. The molecule has 0 spiro atoms. The third-order valence-corrected chi connectivity index (χ3v) is 0. The first kappa shape index (κ1) is 34.9. The molecule has 0 aliphatic rings. The van der Waals surface area contributed by atoms with Gasteiger partial charge in [-0.15, -0.1) is 0 Å². The smallest absolute Gasteiger partial charge is 0.0776 e. The van der Waals surface area contributed by atoms with Gasteiger partial charge < -0.3 is 0 Å². The topological polar surface area (TPSA) is 0 Å². The maximum absolute atomic E-state index is 0. The Kier molecular flexibility index (Phi) is 166. The molecule has 0 aliphatic heterocycles. The van der Waals surface area contributed by atoms with Crippen LogP contribution in [0.1, 0.15) is 7.43 Å². The van der Waals surface area contributed by atoms with Gasteiger partial charge in [-0.1, -0.05) is 7.43 Å². The summed E-state index contributed by atoms with van der Waals surface area (Å²) in [6, 6.07) is 0. The Hall–Kier alpha value is 2.18. The molecule has 0 saturated carbocycles. The summed E-state index contributed by atoms with van der Waals surface area (Å²) in [4.78, 5) is 0. The maximum Gasteiger partial charge on any atom is 0.316 e. The molecule has 0 unspecified atom stereocenters. The molecule has 0 aromatic carbocycles. The van der Waals surface area contributed by atoms with Crippen LogP contribution in [0.5, 0.6) is 0 Å². The molecule has 0 amide bonds. The van der Waals surface area contributed by atoms with Crippen molar-refractivity contribution >= 4 is 40.4 Å². The van der Waals surface area contributed by atoms with Crippen LogP contribution < -0.4 is 0 Å². The van der Waals surface area contributed by atoms with Gasteiger partial charge in [0.05, 0.1) is 0 Å². The average Bonchev–Trinajstić information content (AvgIpc) is 0. The summed E-state index contributed by atoms with van der Waals surface area (Å²) in [5, 5.41) is 0.